The van der Waals surface area contributed by atoms with Crippen LogP contribution >= 0.6 is 0 Å². The largest absolute Gasteiger partial charge is 0.495 e. The molecule has 0 spiro atoms. The Kier molecular flexibility index (Phi) is 8.20. The van der Waals surface area contributed by atoms with Crippen LogP contribution in [0.1, 0.15) is 18.1 Å². The summed E-state index contributed by atoms with van der Waals surface area (Å²) in [7, 11) is -1.02. The van der Waals surface area contributed by atoms with Crippen LogP contribution in [0.4, 0.5) is 10.1 Å². The molecule has 1 atom stereocenters. The summed E-state index contributed by atoms with van der Waals surface area (Å²) in [6, 6.07) is 9.62. The Morgan fingerprint density at radius 3 is 2.31 bits per heavy atom. The van der Waals surface area contributed by atoms with Crippen LogP contribution in [0.5, 0.6) is 5.75 Å². The number of methoxy groups -OCH3 is 1. The fourth-order valence-corrected chi connectivity index (χ4v) is 4.01. The number of nitrogens with zero attached hydrogens (tertiary/aromatic N) is 2. The van der Waals surface area contributed by atoms with Crippen molar-refractivity contribution in [1.29, 1.82) is 0 Å². The highest BCUT2D eigenvalue weighted by molar-refractivity contribution is 7.92. The minimum absolute atomic E-state index is 0.00372. The van der Waals surface area contributed by atoms with Gasteiger partial charge < -0.3 is 15.0 Å². The highest BCUT2D eigenvalue weighted by Gasteiger charge is 2.30. The van der Waals surface area contributed by atoms with Crippen molar-refractivity contribution < 1.29 is 27.1 Å². The fourth-order valence-electron chi connectivity index (χ4n) is 3.17. The van der Waals surface area contributed by atoms with Crippen LogP contribution < -0.4 is 14.4 Å². The molecule has 0 saturated carbocycles. The molecule has 0 heterocycles. The van der Waals surface area contributed by atoms with Gasteiger partial charge in [0.05, 0.1) is 19.1 Å². The minimum atomic E-state index is -3.87. The number of anilines is 1. The number of hydrogen-bond acceptors (Lipinski definition) is 5. The van der Waals surface area contributed by atoms with Gasteiger partial charge in [-0.1, -0.05) is 18.2 Å². The molecule has 8 nitrogen and oxygen atoms in total. The van der Waals surface area contributed by atoms with Crippen LogP contribution in [0.3, 0.4) is 0 Å². The Morgan fingerprint density at radius 1 is 1.16 bits per heavy atom. The van der Waals surface area contributed by atoms with Gasteiger partial charge >= 0.3 is 0 Å². The Labute approximate surface area is 188 Å². The lowest BCUT2D eigenvalue weighted by atomic mass is 10.1. The average molecular weight is 466 g/mol. The maximum Gasteiger partial charge on any atom is 0.244 e. The lowest BCUT2D eigenvalue weighted by Crippen LogP contribution is -2.50. The Hall–Kier alpha value is -3.14. The number of amides is 2. The van der Waals surface area contributed by atoms with Crippen molar-refractivity contribution in [2.75, 3.05) is 31.3 Å². The molecule has 0 aliphatic carbocycles. The maximum absolute atomic E-state index is 13.3. The molecule has 2 rings (SSSR count). The first-order chi connectivity index (χ1) is 15.0. The van der Waals surface area contributed by atoms with E-state index in [9.17, 15) is 22.4 Å². The number of ether oxygens (including phenoxy) is 1. The van der Waals surface area contributed by atoms with Crippen molar-refractivity contribution >= 4 is 27.5 Å². The number of rotatable bonds is 9. The molecule has 0 saturated heterocycles. The van der Waals surface area contributed by atoms with Gasteiger partial charge in [0.25, 0.3) is 0 Å². The highest BCUT2D eigenvalue weighted by Crippen LogP contribution is 2.31. The van der Waals surface area contributed by atoms with E-state index in [0.29, 0.717) is 11.3 Å². The van der Waals surface area contributed by atoms with Gasteiger partial charge in [0.2, 0.25) is 21.8 Å². The first-order valence-corrected chi connectivity index (χ1v) is 11.7. The van der Waals surface area contributed by atoms with Crippen molar-refractivity contribution in [3.8, 4) is 5.75 Å². The van der Waals surface area contributed by atoms with Gasteiger partial charge in [-0.15, -0.1) is 0 Å². The van der Waals surface area contributed by atoms with Crippen molar-refractivity contribution in [2.24, 2.45) is 0 Å². The van der Waals surface area contributed by atoms with Crippen LogP contribution in [0, 0.1) is 12.7 Å². The molecule has 2 amide bonds. The zero-order valence-electron chi connectivity index (χ0n) is 18.8. The molecule has 10 heteroatoms. The number of nitrogens with one attached hydrogen (secondary N) is 1. The lowest BCUT2D eigenvalue weighted by molar-refractivity contribution is -0.139. The zero-order valence-corrected chi connectivity index (χ0v) is 19.6. The molecule has 2 aromatic carbocycles. The van der Waals surface area contributed by atoms with E-state index >= 15 is 0 Å². The van der Waals surface area contributed by atoms with Crippen LogP contribution in [-0.4, -0.2) is 58.1 Å². The number of halogens is 1. The highest BCUT2D eigenvalue weighted by atomic mass is 32.2. The molecule has 0 radical (unpaired) electrons. The van der Waals surface area contributed by atoms with Gasteiger partial charge in [0.15, 0.2) is 0 Å². The third-order valence-corrected chi connectivity index (χ3v) is 6.09. The summed E-state index contributed by atoms with van der Waals surface area (Å²) in [6.07, 6.45) is 0.995. The van der Waals surface area contributed by atoms with Gasteiger partial charge in [-0.3, -0.25) is 13.9 Å². The summed E-state index contributed by atoms with van der Waals surface area (Å²) in [5.74, 6) is -1.15. The SMILES string of the molecule is CNC(=O)[C@@H](C)N(Cc1ccc(F)cc1)C(=O)CN(c1cc(C)ccc1OC)S(C)(=O)=O. The molecule has 0 aliphatic rings. The molecule has 174 valence electrons. The number of likely N-dealkylation sites (N-methyl/N-ethyl adjacent to an activating group) is 1. The van der Waals surface area contributed by atoms with E-state index in [2.05, 4.69) is 5.32 Å². The summed E-state index contributed by atoms with van der Waals surface area (Å²) >= 11 is 0. The average Bonchev–Trinajstić information content (AvgIpc) is 2.75. The number of aryl methyl sites for hydroxylation is 1. The molecule has 0 bridgehead atoms. The van der Waals surface area contributed by atoms with Crippen LogP contribution in [-0.2, 0) is 26.2 Å². The summed E-state index contributed by atoms with van der Waals surface area (Å²) in [5, 5.41) is 2.49. The quantitative estimate of drug-likeness (QED) is 0.612. The molecular formula is C22H28FN3O5S. The standard InChI is InChI=1S/C22H28FN3O5S/c1-15-6-11-20(31-4)19(12-15)26(32(5,29)30)14-21(27)25(16(2)22(28)24-3)13-17-7-9-18(23)10-8-17/h6-12,16H,13-14H2,1-5H3,(H,24,28)/t16-/m1/s1. The second-order valence-corrected chi connectivity index (χ2v) is 9.29. The van der Waals surface area contributed by atoms with E-state index in [-0.39, 0.29) is 12.2 Å². The molecular weight excluding hydrogens is 437 g/mol. The first-order valence-electron chi connectivity index (χ1n) is 9.85. The van der Waals surface area contributed by atoms with Crippen LogP contribution in [0.2, 0.25) is 0 Å². The molecule has 0 aliphatic heterocycles. The Balaban J connectivity index is 2.44. The van der Waals surface area contributed by atoms with E-state index < -0.39 is 40.2 Å². The van der Waals surface area contributed by atoms with E-state index in [1.807, 2.05) is 0 Å². The smallest absolute Gasteiger partial charge is 0.244 e. The van der Waals surface area contributed by atoms with E-state index in [1.165, 1.54) is 50.2 Å². The van der Waals surface area contributed by atoms with Crippen molar-refractivity contribution in [2.45, 2.75) is 26.4 Å². The van der Waals surface area contributed by atoms with E-state index in [4.69, 9.17) is 4.74 Å². The Bertz CT molecular complexity index is 1070. The van der Waals surface area contributed by atoms with Crippen LogP contribution in [0.15, 0.2) is 42.5 Å². The van der Waals surface area contributed by atoms with Gasteiger partial charge in [-0.05, 0) is 49.2 Å². The summed E-state index contributed by atoms with van der Waals surface area (Å²) in [6.45, 7) is 2.79. The molecule has 0 aromatic heterocycles. The maximum atomic E-state index is 13.3. The van der Waals surface area contributed by atoms with E-state index in [1.54, 1.807) is 25.1 Å². The zero-order chi connectivity index (χ0) is 24.1. The van der Waals surface area contributed by atoms with Crippen LogP contribution in [0.25, 0.3) is 0 Å². The normalized spacial score (nSPS) is 12.1. The van der Waals surface area contributed by atoms with Gasteiger partial charge in [-0.2, -0.15) is 0 Å². The number of sulfonamides is 1. The molecule has 2 aromatic rings. The van der Waals surface area contributed by atoms with Crippen molar-refractivity contribution in [3.05, 3.63) is 59.4 Å². The topological polar surface area (TPSA) is 96.0 Å². The van der Waals surface area contributed by atoms with Crippen molar-refractivity contribution in [3.63, 3.8) is 0 Å². The predicted molar refractivity (Wildman–Crippen MR) is 120 cm³/mol. The number of carbonyl (C=O) groups is 2. The summed E-state index contributed by atoms with van der Waals surface area (Å²) in [5.41, 5.74) is 1.59. The summed E-state index contributed by atoms with van der Waals surface area (Å²) in [4.78, 5) is 26.9. The predicted octanol–water partition coefficient (Wildman–Crippen LogP) is 2.07. The molecule has 0 unspecified atom stereocenters. The number of hydrogen-bond donors (Lipinski definition) is 1. The number of benzene rings is 2. The monoisotopic (exact) mass is 465 g/mol. The molecule has 0 fully saturated rings. The lowest BCUT2D eigenvalue weighted by Gasteiger charge is -2.31. The third-order valence-electron chi connectivity index (χ3n) is 4.96. The summed E-state index contributed by atoms with van der Waals surface area (Å²) < 4.78 is 44.7. The third kappa shape index (κ3) is 6.19. The fraction of sp³-hybridized carbons (Fsp3) is 0.364. The van der Waals surface area contributed by atoms with Crippen molar-refractivity contribution in [1.82, 2.24) is 10.2 Å². The second-order valence-electron chi connectivity index (χ2n) is 7.38. The molecule has 32 heavy (non-hydrogen) atoms. The van der Waals surface area contributed by atoms with Gasteiger partial charge in [0.1, 0.15) is 24.2 Å². The van der Waals surface area contributed by atoms with E-state index in [0.717, 1.165) is 16.1 Å². The minimum Gasteiger partial charge on any atom is -0.495 e. The first kappa shape index (κ1) is 25.1. The number of carbonyl (C=O) groups excluding carboxylic acids is 2. The molecule has 1 N–H and O–H groups in total. The van der Waals surface area contributed by atoms with Gasteiger partial charge in [-0.25, -0.2) is 12.8 Å². The second kappa shape index (κ2) is 10.4. The van der Waals surface area contributed by atoms with Gasteiger partial charge in [0, 0.05) is 13.6 Å². The Morgan fingerprint density at radius 2 is 1.78 bits per heavy atom.